The molecule has 2 nitrogen and oxygen atoms in total. The molecule has 0 aliphatic heterocycles. The molecule has 1 aromatic carbocycles. The molecular formula is C10H12ClNOS. The Morgan fingerprint density at radius 1 is 1.43 bits per heavy atom. The first-order valence-corrected chi connectivity index (χ1v) is 5.37. The number of likely N-dealkylation sites (N-methyl/N-ethyl adjacent to an activating group) is 1. The Bertz CT molecular complexity index is 312. The molecule has 0 aromatic heterocycles. The molecule has 1 aromatic rings. The molecule has 4 heteroatoms. The molecule has 0 aliphatic carbocycles. The minimum Gasteiger partial charge on any atom is -0.299 e. The fraction of sp³-hybridized carbons (Fsp3) is 0.300. The van der Waals surface area contributed by atoms with Gasteiger partial charge in [0.2, 0.25) is 0 Å². The van der Waals surface area contributed by atoms with Crippen molar-refractivity contribution in [1.29, 1.82) is 0 Å². The van der Waals surface area contributed by atoms with Gasteiger partial charge < -0.3 is 0 Å². The summed E-state index contributed by atoms with van der Waals surface area (Å²) in [4.78, 5) is 11.9. The van der Waals surface area contributed by atoms with Gasteiger partial charge in [-0.25, -0.2) is 4.31 Å². The van der Waals surface area contributed by atoms with Crippen LogP contribution in [0.3, 0.4) is 0 Å². The molecule has 0 unspecified atom stereocenters. The summed E-state index contributed by atoms with van der Waals surface area (Å²) < 4.78 is 1.89. The number of carbonyl (C=O) groups is 1. The van der Waals surface area contributed by atoms with Gasteiger partial charge in [0, 0.05) is 9.92 Å². The minimum atomic E-state index is 0.161. The van der Waals surface area contributed by atoms with E-state index < -0.39 is 0 Å². The van der Waals surface area contributed by atoms with Gasteiger partial charge in [-0.2, -0.15) is 0 Å². The highest BCUT2D eigenvalue weighted by Gasteiger charge is 2.03. The van der Waals surface area contributed by atoms with Crippen LogP contribution in [-0.2, 0) is 4.79 Å². The van der Waals surface area contributed by atoms with Gasteiger partial charge in [-0.15, -0.1) is 0 Å². The second-order valence-corrected chi connectivity index (χ2v) is 4.75. The summed E-state index contributed by atoms with van der Waals surface area (Å²) in [7, 11) is 1.89. The van der Waals surface area contributed by atoms with Crippen LogP contribution in [0, 0.1) is 0 Å². The van der Waals surface area contributed by atoms with Crippen molar-refractivity contribution in [3.05, 3.63) is 29.3 Å². The van der Waals surface area contributed by atoms with Crippen LogP contribution < -0.4 is 0 Å². The predicted molar refractivity (Wildman–Crippen MR) is 60.6 cm³/mol. The molecule has 0 aliphatic rings. The number of benzene rings is 1. The van der Waals surface area contributed by atoms with Gasteiger partial charge >= 0.3 is 0 Å². The Kier molecular flexibility index (Phi) is 4.45. The number of hydrogen-bond acceptors (Lipinski definition) is 3. The average molecular weight is 230 g/mol. The quantitative estimate of drug-likeness (QED) is 0.741. The van der Waals surface area contributed by atoms with E-state index in [4.69, 9.17) is 11.6 Å². The van der Waals surface area contributed by atoms with Crippen molar-refractivity contribution in [2.24, 2.45) is 0 Å². The Labute approximate surface area is 93.4 Å². The van der Waals surface area contributed by atoms with E-state index in [1.54, 1.807) is 6.92 Å². The van der Waals surface area contributed by atoms with E-state index in [2.05, 4.69) is 0 Å². The molecule has 0 N–H and O–H groups in total. The van der Waals surface area contributed by atoms with Crippen molar-refractivity contribution in [3.8, 4) is 0 Å². The number of rotatable bonds is 4. The first kappa shape index (κ1) is 11.6. The van der Waals surface area contributed by atoms with E-state index in [1.807, 2.05) is 35.6 Å². The van der Waals surface area contributed by atoms with Crippen LogP contribution in [-0.4, -0.2) is 23.7 Å². The fourth-order valence-corrected chi connectivity index (χ4v) is 2.01. The lowest BCUT2D eigenvalue weighted by Gasteiger charge is -2.12. The third-order valence-electron chi connectivity index (χ3n) is 1.52. The van der Waals surface area contributed by atoms with E-state index in [0.717, 1.165) is 9.92 Å². The summed E-state index contributed by atoms with van der Waals surface area (Å²) in [5.41, 5.74) is 0. The molecule has 0 heterocycles. The van der Waals surface area contributed by atoms with Gasteiger partial charge in [-0.3, -0.25) is 4.79 Å². The number of Topliss-reactive ketones (excluding diaryl/α,β-unsaturated/α-hetero) is 1. The zero-order valence-electron chi connectivity index (χ0n) is 8.16. The highest BCUT2D eigenvalue weighted by Crippen LogP contribution is 2.22. The second kappa shape index (κ2) is 5.39. The lowest BCUT2D eigenvalue weighted by atomic mass is 10.4. The van der Waals surface area contributed by atoms with Crippen molar-refractivity contribution in [2.45, 2.75) is 11.8 Å². The Hall–Kier alpha value is -0.510. The predicted octanol–water partition coefficient (Wildman–Crippen LogP) is 2.87. The van der Waals surface area contributed by atoms with Crippen molar-refractivity contribution >= 4 is 29.3 Å². The van der Waals surface area contributed by atoms with Gasteiger partial charge in [0.1, 0.15) is 5.78 Å². The summed E-state index contributed by atoms with van der Waals surface area (Å²) in [5, 5.41) is 0.726. The number of carbonyl (C=O) groups excluding carboxylic acids is 1. The molecule has 14 heavy (non-hydrogen) atoms. The zero-order chi connectivity index (χ0) is 10.6. The lowest BCUT2D eigenvalue weighted by Crippen LogP contribution is -2.16. The highest BCUT2D eigenvalue weighted by molar-refractivity contribution is 7.97. The highest BCUT2D eigenvalue weighted by atomic mass is 35.5. The van der Waals surface area contributed by atoms with Gasteiger partial charge in [0.15, 0.2) is 0 Å². The molecule has 0 fully saturated rings. The van der Waals surface area contributed by atoms with E-state index in [9.17, 15) is 4.79 Å². The smallest absolute Gasteiger partial charge is 0.144 e. The Balaban J connectivity index is 2.51. The van der Waals surface area contributed by atoms with Crippen LogP contribution in [0.15, 0.2) is 29.2 Å². The molecule has 1 rings (SSSR count). The van der Waals surface area contributed by atoms with Crippen molar-refractivity contribution in [1.82, 2.24) is 4.31 Å². The summed E-state index contributed by atoms with van der Waals surface area (Å²) in [5.74, 6) is 0.161. The zero-order valence-corrected chi connectivity index (χ0v) is 9.73. The molecule has 0 amide bonds. The molecular weight excluding hydrogens is 218 g/mol. The molecule has 0 bridgehead atoms. The van der Waals surface area contributed by atoms with Gasteiger partial charge in [0.25, 0.3) is 0 Å². The SMILES string of the molecule is CC(=O)CN(C)Sc1ccc(Cl)cc1. The monoisotopic (exact) mass is 229 g/mol. The van der Waals surface area contributed by atoms with Crippen molar-refractivity contribution < 1.29 is 4.79 Å². The van der Waals surface area contributed by atoms with Crippen LogP contribution in [0.2, 0.25) is 5.02 Å². The van der Waals surface area contributed by atoms with Crippen molar-refractivity contribution in [3.63, 3.8) is 0 Å². The molecule has 0 spiro atoms. The first-order chi connectivity index (χ1) is 6.58. The summed E-state index contributed by atoms with van der Waals surface area (Å²) >= 11 is 7.29. The number of nitrogens with zero attached hydrogens (tertiary/aromatic N) is 1. The maximum absolute atomic E-state index is 10.8. The number of halogens is 1. The maximum Gasteiger partial charge on any atom is 0.144 e. The van der Waals surface area contributed by atoms with E-state index in [0.29, 0.717) is 6.54 Å². The maximum atomic E-state index is 10.8. The molecule has 0 saturated carbocycles. The molecule has 0 atom stereocenters. The Morgan fingerprint density at radius 3 is 2.50 bits per heavy atom. The third-order valence-corrected chi connectivity index (χ3v) is 2.70. The van der Waals surface area contributed by atoms with Gasteiger partial charge in [0.05, 0.1) is 6.54 Å². The van der Waals surface area contributed by atoms with Crippen molar-refractivity contribution in [2.75, 3.05) is 13.6 Å². The number of ketones is 1. The van der Waals surface area contributed by atoms with Crippen LogP contribution >= 0.6 is 23.5 Å². The standard InChI is InChI=1S/C10H12ClNOS/c1-8(13)7-12(2)14-10-5-3-9(11)4-6-10/h3-6H,7H2,1-2H3. The molecule has 0 radical (unpaired) electrons. The van der Waals surface area contributed by atoms with Gasteiger partial charge in [-0.1, -0.05) is 11.6 Å². The fourth-order valence-electron chi connectivity index (χ4n) is 1.02. The van der Waals surface area contributed by atoms with E-state index in [1.165, 1.54) is 11.9 Å². The topological polar surface area (TPSA) is 20.3 Å². The van der Waals surface area contributed by atoms with Crippen LogP contribution in [0.1, 0.15) is 6.92 Å². The van der Waals surface area contributed by atoms with E-state index >= 15 is 0 Å². The minimum absolute atomic E-state index is 0.161. The average Bonchev–Trinajstić information content (AvgIpc) is 2.07. The van der Waals surface area contributed by atoms with Gasteiger partial charge in [-0.05, 0) is 50.2 Å². The summed E-state index contributed by atoms with van der Waals surface area (Å²) in [6.07, 6.45) is 0. The normalized spacial score (nSPS) is 10.6. The molecule has 76 valence electrons. The van der Waals surface area contributed by atoms with Crippen LogP contribution in [0.25, 0.3) is 0 Å². The number of hydrogen-bond donors (Lipinski definition) is 0. The summed E-state index contributed by atoms with van der Waals surface area (Å²) in [6.45, 7) is 2.03. The summed E-state index contributed by atoms with van der Waals surface area (Å²) in [6, 6.07) is 7.55. The lowest BCUT2D eigenvalue weighted by molar-refractivity contribution is -0.116. The second-order valence-electron chi connectivity index (χ2n) is 3.03. The largest absolute Gasteiger partial charge is 0.299 e. The first-order valence-electron chi connectivity index (χ1n) is 4.22. The molecule has 0 saturated heterocycles. The third kappa shape index (κ3) is 4.13. The van der Waals surface area contributed by atoms with Crippen LogP contribution in [0.4, 0.5) is 0 Å². The van der Waals surface area contributed by atoms with Crippen LogP contribution in [0.5, 0.6) is 0 Å². The Morgan fingerprint density at radius 2 is 2.00 bits per heavy atom. The van der Waals surface area contributed by atoms with E-state index in [-0.39, 0.29) is 5.78 Å².